The molecule has 3 rings (SSSR count). The van der Waals surface area contributed by atoms with Crippen LogP contribution in [0.1, 0.15) is 15.9 Å². The van der Waals surface area contributed by atoms with Crippen molar-refractivity contribution in [1.82, 2.24) is 0 Å². The van der Waals surface area contributed by atoms with Crippen molar-refractivity contribution < 1.29 is 13.2 Å². The number of aryl methyl sites for hydroxylation is 1. The molecule has 7 heteroatoms. The smallest absolute Gasteiger partial charge is 0.261 e. The van der Waals surface area contributed by atoms with Crippen LogP contribution in [0, 0.1) is 6.92 Å². The second-order valence-corrected chi connectivity index (χ2v) is 8.47. The molecule has 0 radical (unpaired) electrons. The zero-order chi connectivity index (χ0) is 19.4. The third-order valence-electron chi connectivity index (χ3n) is 3.80. The maximum absolute atomic E-state index is 12.7. The van der Waals surface area contributed by atoms with Crippen molar-refractivity contribution in [2.45, 2.75) is 11.8 Å². The van der Waals surface area contributed by atoms with Crippen LogP contribution in [0.3, 0.4) is 0 Å². The Kier molecular flexibility index (Phi) is 5.62. The van der Waals surface area contributed by atoms with Crippen LogP contribution >= 0.6 is 15.9 Å². The molecule has 138 valence electrons. The van der Waals surface area contributed by atoms with E-state index >= 15 is 0 Å². The largest absolute Gasteiger partial charge is 0.322 e. The molecule has 0 aromatic heterocycles. The Morgan fingerprint density at radius 2 is 1.67 bits per heavy atom. The molecule has 0 saturated carbocycles. The van der Waals surface area contributed by atoms with Crippen LogP contribution in [0.5, 0.6) is 0 Å². The van der Waals surface area contributed by atoms with Gasteiger partial charge in [0.15, 0.2) is 0 Å². The maximum atomic E-state index is 12.7. The maximum Gasteiger partial charge on any atom is 0.261 e. The number of halogens is 1. The lowest BCUT2D eigenvalue weighted by Gasteiger charge is -2.12. The van der Waals surface area contributed by atoms with Gasteiger partial charge in [-0.15, -0.1) is 0 Å². The molecule has 1 amide bonds. The minimum atomic E-state index is -3.84. The Morgan fingerprint density at radius 1 is 0.926 bits per heavy atom. The molecule has 2 N–H and O–H groups in total. The van der Waals surface area contributed by atoms with E-state index in [0.29, 0.717) is 15.8 Å². The van der Waals surface area contributed by atoms with Crippen LogP contribution in [0.15, 0.2) is 82.2 Å². The molecular weight excluding hydrogens is 428 g/mol. The Labute approximate surface area is 166 Å². The van der Waals surface area contributed by atoms with Crippen LogP contribution in [0.4, 0.5) is 11.4 Å². The van der Waals surface area contributed by atoms with Crippen molar-refractivity contribution in [2.75, 3.05) is 10.0 Å². The fourth-order valence-corrected chi connectivity index (χ4v) is 4.04. The number of sulfonamides is 1. The van der Waals surface area contributed by atoms with E-state index in [1.807, 2.05) is 19.1 Å². The first-order valence-electron chi connectivity index (χ1n) is 8.10. The number of nitrogens with one attached hydrogen (secondary N) is 2. The number of carbonyl (C=O) groups excluding carboxylic acids is 1. The molecule has 3 aromatic rings. The monoisotopic (exact) mass is 444 g/mol. The van der Waals surface area contributed by atoms with Gasteiger partial charge in [0.2, 0.25) is 0 Å². The Balaban J connectivity index is 1.85. The van der Waals surface area contributed by atoms with Crippen molar-refractivity contribution >= 4 is 43.2 Å². The lowest BCUT2D eigenvalue weighted by atomic mass is 10.2. The summed E-state index contributed by atoms with van der Waals surface area (Å²) in [4.78, 5) is 12.4. The number of carbonyl (C=O) groups is 1. The molecule has 0 saturated heterocycles. The molecule has 0 fully saturated rings. The highest BCUT2D eigenvalue weighted by Crippen LogP contribution is 2.26. The Hall–Kier alpha value is -2.64. The van der Waals surface area contributed by atoms with Crippen LogP contribution in [0.25, 0.3) is 0 Å². The van der Waals surface area contributed by atoms with Gasteiger partial charge in [0.05, 0.1) is 10.6 Å². The number of hydrogen-bond acceptors (Lipinski definition) is 3. The fourth-order valence-electron chi connectivity index (χ4n) is 2.45. The van der Waals surface area contributed by atoms with Crippen molar-refractivity contribution in [1.29, 1.82) is 0 Å². The molecule has 0 atom stereocenters. The lowest BCUT2D eigenvalue weighted by Crippen LogP contribution is -2.16. The van der Waals surface area contributed by atoms with E-state index in [1.165, 1.54) is 12.1 Å². The summed E-state index contributed by atoms with van der Waals surface area (Å²) in [5.41, 5.74) is 2.25. The van der Waals surface area contributed by atoms with E-state index in [0.717, 1.165) is 5.56 Å². The van der Waals surface area contributed by atoms with Gasteiger partial charge in [-0.05, 0) is 70.9 Å². The van der Waals surface area contributed by atoms with Gasteiger partial charge in [0, 0.05) is 15.7 Å². The summed E-state index contributed by atoms with van der Waals surface area (Å²) in [7, 11) is -3.84. The van der Waals surface area contributed by atoms with E-state index < -0.39 is 10.0 Å². The van der Waals surface area contributed by atoms with Gasteiger partial charge in [-0.3, -0.25) is 9.52 Å². The lowest BCUT2D eigenvalue weighted by molar-refractivity contribution is 0.102. The van der Waals surface area contributed by atoms with Crippen LogP contribution in [-0.2, 0) is 10.0 Å². The SMILES string of the molecule is Cc1ccc(Br)c(NS(=O)(=O)c2cccc(C(=O)Nc3ccccc3)c2)c1. The van der Waals surface area contributed by atoms with E-state index in [1.54, 1.807) is 48.5 Å². The summed E-state index contributed by atoms with van der Waals surface area (Å²) in [6, 6.07) is 20.3. The van der Waals surface area contributed by atoms with Crippen molar-refractivity contribution in [3.05, 3.63) is 88.4 Å². The van der Waals surface area contributed by atoms with Crippen LogP contribution < -0.4 is 10.0 Å². The van der Waals surface area contributed by atoms with E-state index in [9.17, 15) is 13.2 Å². The fraction of sp³-hybridized carbons (Fsp3) is 0.0500. The standard InChI is InChI=1S/C20H17BrN2O3S/c1-14-10-11-18(21)19(12-14)23-27(25,26)17-9-5-6-15(13-17)20(24)22-16-7-3-2-4-8-16/h2-13,23H,1H3,(H,22,24). The Bertz CT molecular complexity index is 1080. The van der Waals surface area contributed by atoms with Gasteiger partial charge < -0.3 is 5.32 Å². The molecule has 0 aliphatic heterocycles. The number of para-hydroxylation sites is 1. The van der Waals surface area contributed by atoms with Gasteiger partial charge in [-0.25, -0.2) is 8.42 Å². The minimum absolute atomic E-state index is 0.0108. The second kappa shape index (κ2) is 7.94. The first kappa shape index (κ1) is 19.1. The van der Waals surface area contributed by atoms with Gasteiger partial charge >= 0.3 is 0 Å². The van der Waals surface area contributed by atoms with Crippen LogP contribution in [0.2, 0.25) is 0 Å². The quantitative estimate of drug-likeness (QED) is 0.592. The van der Waals surface area contributed by atoms with Crippen molar-refractivity contribution in [3.8, 4) is 0 Å². The van der Waals surface area contributed by atoms with E-state index in [2.05, 4.69) is 26.0 Å². The molecule has 3 aromatic carbocycles. The zero-order valence-corrected chi connectivity index (χ0v) is 16.8. The third kappa shape index (κ3) is 4.75. The second-order valence-electron chi connectivity index (χ2n) is 5.94. The molecule has 0 aliphatic carbocycles. The van der Waals surface area contributed by atoms with E-state index in [-0.39, 0.29) is 16.4 Å². The number of rotatable bonds is 5. The summed E-state index contributed by atoms with van der Waals surface area (Å²) < 4.78 is 28.7. The van der Waals surface area contributed by atoms with Crippen LogP contribution in [-0.4, -0.2) is 14.3 Å². The number of amides is 1. The third-order valence-corrected chi connectivity index (χ3v) is 5.86. The molecule has 0 heterocycles. The summed E-state index contributed by atoms with van der Waals surface area (Å²) in [6.45, 7) is 1.87. The zero-order valence-electron chi connectivity index (χ0n) is 14.4. The van der Waals surface area contributed by atoms with Gasteiger partial charge in [-0.1, -0.05) is 30.3 Å². The number of anilines is 2. The predicted molar refractivity (Wildman–Crippen MR) is 111 cm³/mol. The summed E-state index contributed by atoms with van der Waals surface area (Å²) in [5.74, 6) is -0.380. The van der Waals surface area contributed by atoms with Gasteiger partial charge in [0.25, 0.3) is 15.9 Å². The number of benzene rings is 3. The highest BCUT2D eigenvalue weighted by molar-refractivity contribution is 9.10. The first-order valence-corrected chi connectivity index (χ1v) is 10.4. The summed E-state index contributed by atoms with van der Waals surface area (Å²) >= 11 is 3.34. The Morgan fingerprint density at radius 3 is 2.41 bits per heavy atom. The molecule has 0 unspecified atom stereocenters. The molecule has 0 bridgehead atoms. The molecule has 0 spiro atoms. The average molecular weight is 445 g/mol. The summed E-state index contributed by atoms with van der Waals surface area (Å²) in [6.07, 6.45) is 0. The topological polar surface area (TPSA) is 75.3 Å². The highest BCUT2D eigenvalue weighted by atomic mass is 79.9. The van der Waals surface area contributed by atoms with Gasteiger partial charge in [-0.2, -0.15) is 0 Å². The van der Waals surface area contributed by atoms with Crippen molar-refractivity contribution in [3.63, 3.8) is 0 Å². The average Bonchev–Trinajstić information content (AvgIpc) is 2.65. The first-order chi connectivity index (χ1) is 12.8. The highest BCUT2D eigenvalue weighted by Gasteiger charge is 2.18. The number of hydrogen-bond donors (Lipinski definition) is 2. The molecular formula is C20H17BrN2O3S. The minimum Gasteiger partial charge on any atom is -0.322 e. The molecule has 5 nitrogen and oxygen atoms in total. The normalized spacial score (nSPS) is 11.0. The van der Waals surface area contributed by atoms with E-state index in [4.69, 9.17) is 0 Å². The summed E-state index contributed by atoms with van der Waals surface area (Å²) in [5, 5.41) is 2.74. The molecule has 27 heavy (non-hydrogen) atoms. The molecule has 0 aliphatic rings. The van der Waals surface area contributed by atoms with Gasteiger partial charge in [0.1, 0.15) is 0 Å². The van der Waals surface area contributed by atoms with Crippen molar-refractivity contribution in [2.24, 2.45) is 0 Å². The predicted octanol–water partition coefficient (Wildman–Crippen LogP) is 4.81.